The van der Waals surface area contributed by atoms with Gasteiger partial charge in [-0.3, -0.25) is 9.59 Å². The van der Waals surface area contributed by atoms with Gasteiger partial charge in [-0.05, 0) is 52.9 Å². The standard InChI is InChI=1S/C14H17BrN2O3/c15-12-7-10(2-3-11(12)14(16)20)17-6-5-9(8-17)1-4-13(18)19/h2-3,7,9H,1,4-6,8H2,(H2,16,20)(H,18,19). The lowest BCUT2D eigenvalue weighted by atomic mass is 10.0. The Kier molecular flexibility index (Phi) is 4.65. The summed E-state index contributed by atoms with van der Waals surface area (Å²) in [7, 11) is 0. The number of halogens is 1. The number of carbonyl (C=O) groups excluding carboxylic acids is 1. The van der Waals surface area contributed by atoms with Crippen molar-refractivity contribution in [3.05, 3.63) is 28.2 Å². The Labute approximate surface area is 125 Å². The fraction of sp³-hybridized carbons (Fsp3) is 0.429. The van der Waals surface area contributed by atoms with Crippen LogP contribution in [0.3, 0.4) is 0 Å². The van der Waals surface area contributed by atoms with Crippen LogP contribution in [0.2, 0.25) is 0 Å². The lowest BCUT2D eigenvalue weighted by Gasteiger charge is -2.19. The van der Waals surface area contributed by atoms with Crippen LogP contribution in [0.25, 0.3) is 0 Å². The van der Waals surface area contributed by atoms with Gasteiger partial charge in [0.2, 0.25) is 5.91 Å². The van der Waals surface area contributed by atoms with Crippen LogP contribution in [-0.2, 0) is 4.79 Å². The minimum atomic E-state index is -0.739. The highest BCUT2D eigenvalue weighted by atomic mass is 79.9. The smallest absolute Gasteiger partial charge is 0.303 e. The zero-order valence-electron chi connectivity index (χ0n) is 11.0. The van der Waals surface area contributed by atoms with Gasteiger partial charge in [0.05, 0.1) is 5.56 Å². The monoisotopic (exact) mass is 340 g/mol. The molecule has 0 radical (unpaired) electrons. The van der Waals surface area contributed by atoms with E-state index in [1.54, 1.807) is 6.07 Å². The Morgan fingerprint density at radius 3 is 2.80 bits per heavy atom. The van der Waals surface area contributed by atoms with Crippen molar-refractivity contribution in [3.63, 3.8) is 0 Å². The van der Waals surface area contributed by atoms with Crippen LogP contribution in [-0.4, -0.2) is 30.1 Å². The van der Waals surface area contributed by atoms with Crippen molar-refractivity contribution in [1.82, 2.24) is 0 Å². The van der Waals surface area contributed by atoms with Gasteiger partial charge in [0.1, 0.15) is 0 Å². The molecule has 1 unspecified atom stereocenters. The number of benzene rings is 1. The number of carboxylic acids is 1. The quantitative estimate of drug-likeness (QED) is 0.860. The number of rotatable bonds is 5. The van der Waals surface area contributed by atoms with Gasteiger partial charge in [-0.25, -0.2) is 0 Å². The Bertz CT molecular complexity index is 533. The number of nitrogens with zero attached hydrogens (tertiary/aromatic N) is 1. The molecule has 1 saturated heterocycles. The van der Waals surface area contributed by atoms with Gasteiger partial charge in [0.25, 0.3) is 0 Å². The molecule has 0 bridgehead atoms. The number of carboxylic acid groups (broad SMARTS) is 1. The van der Waals surface area contributed by atoms with Gasteiger partial charge in [-0.1, -0.05) is 0 Å². The molecule has 1 atom stereocenters. The van der Waals surface area contributed by atoms with Crippen LogP contribution in [0.5, 0.6) is 0 Å². The molecule has 1 heterocycles. The number of nitrogens with two attached hydrogens (primary N) is 1. The molecule has 5 nitrogen and oxygen atoms in total. The number of amides is 1. The Hall–Kier alpha value is -1.56. The summed E-state index contributed by atoms with van der Waals surface area (Å²) in [5.41, 5.74) is 6.77. The first kappa shape index (κ1) is 14.8. The average Bonchev–Trinajstić information content (AvgIpc) is 2.84. The Balaban J connectivity index is 2.01. The molecule has 0 aromatic heterocycles. The van der Waals surface area contributed by atoms with E-state index in [4.69, 9.17) is 10.8 Å². The molecule has 108 valence electrons. The number of carbonyl (C=O) groups is 2. The average molecular weight is 341 g/mol. The maximum atomic E-state index is 11.2. The van der Waals surface area contributed by atoms with E-state index in [9.17, 15) is 9.59 Å². The van der Waals surface area contributed by atoms with E-state index in [2.05, 4.69) is 20.8 Å². The SMILES string of the molecule is NC(=O)c1ccc(N2CCC(CCC(=O)O)C2)cc1Br. The lowest BCUT2D eigenvalue weighted by Crippen LogP contribution is -2.20. The molecule has 0 spiro atoms. The van der Waals surface area contributed by atoms with Crippen molar-refractivity contribution >= 4 is 33.5 Å². The van der Waals surface area contributed by atoms with Crippen molar-refractivity contribution in [1.29, 1.82) is 0 Å². The molecular formula is C14H17BrN2O3. The summed E-state index contributed by atoms with van der Waals surface area (Å²) in [5.74, 6) is -0.776. The van der Waals surface area contributed by atoms with E-state index in [-0.39, 0.29) is 6.42 Å². The second kappa shape index (κ2) is 6.26. The van der Waals surface area contributed by atoms with Crippen molar-refractivity contribution < 1.29 is 14.7 Å². The fourth-order valence-corrected chi connectivity index (χ4v) is 3.09. The van der Waals surface area contributed by atoms with E-state index in [0.717, 1.165) is 25.2 Å². The highest BCUT2D eigenvalue weighted by Crippen LogP contribution is 2.29. The minimum Gasteiger partial charge on any atom is -0.481 e. The normalized spacial score (nSPS) is 18.2. The summed E-state index contributed by atoms with van der Waals surface area (Å²) in [6.45, 7) is 1.77. The highest BCUT2D eigenvalue weighted by Gasteiger charge is 2.23. The molecule has 0 saturated carbocycles. The topological polar surface area (TPSA) is 83.6 Å². The van der Waals surface area contributed by atoms with Crippen molar-refractivity contribution in [3.8, 4) is 0 Å². The van der Waals surface area contributed by atoms with E-state index >= 15 is 0 Å². The third-order valence-electron chi connectivity index (χ3n) is 3.64. The molecule has 1 aromatic rings. The maximum absolute atomic E-state index is 11.2. The molecule has 20 heavy (non-hydrogen) atoms. The molecule has 2 rings (SSSR count). The molecule has 1 aromatic carbocycles. The van der Waals surface area contributed by atoms with Crippen molar-refractivity contribution in [2.24, 2.45) is 11.7 Å². The van der Waals surface area contributed by atoms with Crippen LogP contribution in [0.1, 0.15) is 29.6 Å². The van der Waals surface area contributed by atoms with Gasteiger partial charge in [0.15, 0.2) is 0 Å². The van der Waals surface area contributed by atoms with Gasteiger partial charge in [0, 0.05) is 29.7 Å². The zero-order chi connectivity index (χ0) is 14.7. The third kappa shape index (κ3) is 3.50. The summed E-state index contributed by atoms with van der Waals surface area (Å²) in [6, 6.07) is 5.48. The number of hydrogen-bond acceptors (Lipinski definition) is 3. The highest BCUT2D eigenvalue weighted by molar-refractivity contribution is 9.10. The van der Waals surface area contributed by atoms with Gasteiger partial charge in [-0.2, -0.15) is 0 Å². The molecule has 0 aliphatic carbocycles. The largest absolute Gasteiger partial charge is 0.481 e. The number of anilines is 1. The number of primary amides is 1. The van der Waals surface area contributed by atoms with Crippen LogP contribution in [0.15, 0.2) is 22.7 Å². The first-order valence-electron chi connectivity index (χ1n) is 6.53. The Morgan fingerprint density at radius 1 is 1.45 bits per heavy atom. The van der Waals surface area contributed by atoms with Crippen molar-refractivity contribution in [2.45, 2.75) is 19.3 Å². The van der Waals surface area contributed by atoms with E-state index in [1.165, 1.54) is 0 Å². The van der Waals surface area contributed by atoms with E-state index in [1.807, 2.05) is 12.1 Å². The number of aliphatic carboxylic acids is 1. The molecule has 1 aliphatic rings. The predicted octanol–water partition coefficient (Wildman–Crippen LogP) is 2.24. The third-order valence-corrected chi connectivity index (χ3v) is 4.29. The van der Waals surface area contributed by atoms with Crippen LogP contribution in [0, 0.1) is 5.92 Å². The first-order chi connectivity index (χ1) is 9.47. The zero-order valence-corrected chi connectivity index (χ0v) is 12.6. The van der Waals surface area contributed by atoms with Crippen LogP contribution >= 0.6 is 15.9 Å². The second-order valence-electron chi connectivity index (χ2n) is 5.06. The first-order valence-corrected chi connectivity index (χ1v) is 7.32. The molecule has 1 amide bonds. The summed E-state index contributed by atoms with van der Waals surface area (Å²) < 4.78 is 0.691. The van der Waals surface area contributed by atoms with Crippen molar-refractivity contribution in [2.75, 3.05) is 18.0 Å². The minimum absolute atomic E-state index is 0.225. The predicted molar refractivity (Wildman–Crippen MR) is 79.8 cm³/mol. The molecular weight excluding hydrogens is 324 g/mol. The van der Waals surface area contributed by atoms with Gasteiger partial charge in [-0.15, -0.1) is 0 Å². The van der Waals surface area contributed by atoms with E-state index in [0.29, 0.717) is 22.4 Å². The van der Waals surface area contributed by atoms with E-state index < -0.39 is 11.9 Å². The summed E-state index contributed by atoms with van der Waals surface area (Å²) in [4.78, 5) is 24.0. The van der Waals surface area contributed by atoms with Gasteiger partial charge >= 0.3 is 5.97 Å². The summed E-state index contributed by atoms with van der Waals surface area (Å²) in [6.07, 6.45) is 1.94. The maximum Gasteiger partial charge on any atom is 0.303 e. The molecule has 3 N–H and O–H groups in total. The van der Waals surface area contributed by atoms with Crippen LogP contribution < -0.4 is 10.6 Å². The molecule has 6 heteroatoms. The Morgan fingerprint density at radius 2 is 2.20 bits per heavy atom. The summed E-state index contributed by atoms with van der Waals surface area (Å²) >= 11 is 3.35. The summed E-state index contributed by atoms with van der Waals surface area (Å²) in [5, 5.41) is 8.71. The second-order valence-corrected chi connectivity index (χ2v) is 5.92. The molecule has 1 aliphatic heterocycles. The molecule has 1 fully saturated rings. The number of hydrogen-bond donors (Lipinski definition) is 2. The van der Waals surface area contributed by atoms with Gasteiger partial charge < -0.3 is 15.7 Å². The van der Waals surface area contributed by atoms with Crippen LogP contribution in [0.4, 0.5) is 5.69 Å². The lowest BCUT2D eigenvalue weighted by molar-refractivity contribution is -0.137. The fourth-order valence-electron chi connectivity index (χ4n) is 2.53.